The van der Waals surface area contributed by atoms with E-state index < -0.39 is 47.6 Å². The molecule has 0 unspecified atom stereocenters. The molecule has 136 heavy (non-hydrogen) atoms. The highest BCUT2D eigenvalue weighted by Gasteiger charge is 2.34. The SMILES string of the molecule is Cc1cc(F)cc(CCc2ccc3nccn3c2C(=O)O)c1.Cc1ccc(C(F)(F)F)c(CCc2ccc3nccn3c2C(=O)O)c1.Cc1ccc(CCc2ccc3nccn3c2C(=O)O)c(Cl)c1.Cc1ccc(CCc2ccc3nccn3c2C(=O)O)c(F)c1.Cc1ccc(CCc2ccc3nccn3c2C(=O)O)c(F)c1.Cc1ccc(Cl)c(CCc2ccc3nccn3c2C(=O)O)c1F. The first-order valence-electron chi connectivity index (χ1n) is 42.7. The minimum atomic E-state index is -4.44. The molecule has 0 radical (unpaired) electrons. The number of fused-ring (bicyclic) bond motifs is 6. The number of nitrogens with zero attached hydrogens (tertiary/aromatic N) is 12. The van der Waals surface area contributed by atoms with Crippen molar-refractivity contribution in [1.29, 1.82) is 0 Å². The monoisotopic (exact) mass is 1890 g/mol. The average molecular weight is 1890 g/mol. The van der Waals surface area contributed by atoms with Crippen molar-refractivity contribution in [3.05, 3.63) is 423 Å². The third-order valence-electron chi connectivity index (χ3n) is 22.8. The molecule has 696 valence electrons. The zero-order chi connectivity index (χ0) is 97.5. The summed E-state index contributed by atoms with van der Waals surface area (Å²) < 4.78 is 104. The van der Waals surface area contributed by atoms with Crippen LogP contribution in [0.15, 0.2) is 250 Å². The summed E-state index contributed by atoms with van der Waals surface area (Å²) in [5, 5.41) is 57.9. The molecule has 0 fully saturated rings. The smallest absolute Gasteiger partial charge is 0.416 e. The summed E-state index contributed by atoms with van der Waals surface area (Å²) in [6, 6.07) is 49.3. The first-order chi connectivity index (χ1) is 65.0. The number of benzene rings is 6. The number of alkyl halides is 3. The minimum absolute atomic E-state index is 0.0243. The molecule has 18 aromatic rings. The molecule has 6 N–H and O–H groups in total. The molecule has 0 saturated carbocycles. The van der Waals surface area contributed by atoms with Crippen LogP contribution < -0.4 is 0 Å². The van der Waals surface area contributed by atoms with Crippen LogP contribution in [-0.4, -0.2) is 123 Å². The van der Waals surface area contributed by atoms with Gasteiger partial charge in [-0.25, -0.2) is 76.2 Å². The molecule has 0 spiro atoms. The average Bonchev–Trinajstić information content (AvgIpc) is 1.53. The van der Waals surface area contributed by atoms with Gasteiger partial charge in [0.05, 0.1) is 5.56 Å². The Morgan fingerprint density at radius 1 is 0.287 bits per heavy atom. The third kappa shape index (κ3) is 23.5. The number of rotatable bonds is 24. The number of carboxylic acid groups (broad SMARTS) is 6. The molecule has 0 aliphatic heterocycles. The van der Waals surface area contributed by atoms with Crippen LogP contribution in [0.5, 0.6) is 0 Å². The Morgan fingerprint density at radius 2 is 0.566 bits per heavy atom. The summed E-state index contributed by atoms with van der Waals surface area (Å²) >= 11 is 12.3. The molecule has 0 atom stereocenters. The first kappa shape index (κ1) is 97.9. The van der Waals surface area contributed by atoms with Crippen molar-refractivity contribution >= 4 is 92.9 Å². The van der Waals surface area contributed by atoms with Gasteiger partial charge in [-0.15, -0.1) is 0 Å². The van der Waals surface area contributed by atoms with E-state index in [2.05, 4.69) is 29.9 Å². The van der Waals surface area contributed by atoms with Gasteiger partial charge in [0, 0.05) is 90.0 Å². The minimum Gasteiger partial charge on any atom is -0.477 e. The molecule has 0 aliphatic rings. The van der Waals surface area contributed by atoms with Crippen molar-refractivity contribution in [3.63, 3.8) is 0 Å². The Labute approximate surface area is 783 Å². The molecule has 24 nitrogen and oxygen atoms in total. The van der Waals surface area contributed by atoms with Crippen LogP contribution in [0, 0.1) is 64.8 Å². The fourth-order valence-electron chi connectivity index (χ4n) is 16.2. The number of aromatic nitrogens is 12. The quantitative estimate of drug-likeness (QED) is 0.0306. The van der Waals surface area contributed by atoms with E-state index in [-0.39, 0.29) is 75.8 Å². The first-order valence-corrected chi connectivity index (χ1v) is 43.4. The molecule has 0 bridgehead atoms. The number of aryl methyl sites for hydroxylation is 17. The second-order valence-electron chi connectivity index (χ2n) is 32.2. The van der Waals surface area contributed by atoms with Gasteiger partial charge in [0.2, 0.25) is 0 Å². The maximum absolute atomic E-state index is 14.2. The van der Waals surface area contributed by atoms with Gasteiger partial charge in [-0.2, -0.15) is 13.2 Å². The predicted molar refractivity (Wildman–Crippen MR) is 499 cm³/mol. The molecular formula is C103H89Cl2F7N12O12. The maximum Gasteiger partial charge on any atom is 0.416 e. The predicted octanol–water partition coefficient (Wildman–Crippen LogP) is 21.6. The van der Waals surface area contributed by atoms with E-state index in [9.17, 15) is 90.1 Å². The largest absolute Gasteiger partial charge is 0.477 e. The van der Waals surface area contributed by atoms with Crippen LogP contribution in [0.1, 0.15) is 169 Å². The molecule has 12 aromatic heterocycles. The van der Waals surface area contributed by atoms with E-state index in [0.717, 1.165) is 55.6 Å². The highest BCUT2D eigenvalue weighted by molar-refractivity contribution is 6.31. The van der Waals surface area contributed by atoms with E-state index in [1.165, 1.54) is 57.6 Å². The van der Waals surface area contributed by atoms with Gasteiger partial charge in [0.1, 0.15) is 91.3 Å². The summed E-state index contributed by atoms with van der Waals surface area (Å²) in [5.41, 5.74) is 16.2. The van der Waals surface area contributed by atoms with Crippen molar-refractivity contribution < 1.29 is 90.1 Å². The standard InChI is InChI=1S/C18H15F3N2O2.C17H14ClFN2O2.C17H15ClN2O2.3C17H15FN2O2/c1-11-2-6-14(18(19,20)21)13(10-11)4-3-12-5-7-15-22-8-9-23(15)16(12)17(24)25;1-10-2-6-13(18)12(15(10)19)5-3-11-4-7-14-20-8-9-21(14)16(11)17(22)23;1-11-2-3-12(14(18)10-11)4-5-13-6-7-15-19-8-9-20(15)16(13)17(21)22;1-11-8-12(10-14(18)9-11)2-3-13-4-5-15-19-6-7-20(15)16(13)17(21)22;2*1-11-2-3-12(14(18)10-11)4-5-13-6-7-15-19-8-9-20(15)16(13)17(21)22/h2,5-10H,3-4H2,1H3,(H,24,25);2,4,6-9H,3,5H2,1H3,(H,22,23);2-3,6-10H,4-5H2,1H3,(H,21,22);4-10H,2-3H2,1H3,(H,21,22);2*2-3,6-10H,4-5H2,1H3,(H,21,22). The lowest BCUT2D eigenvalue weighted by atomic mass is 9.97. The number of carbonyl (C=O) groups is 6. The summed E-state index contributed by atoms with van der Waals surface area (Å²) in [4.78, 5) is 93.9. The molecule has 0 saturated heterocycles. The van der Waals surface area contributed by atoms with Gasteiger partial charge in [-0.05, 0) is 286 Å². The molecule has 0 amide bonds. The Hall–Kier alpha value is -15.6. The molecule has 12 heterocycles. The summed E-state index contributed by atoms with van der Waals surface area (Å²) in [5.74, 6) is -7.25. The number of imidazole rings is 6. The lowest BCUT2D eigenvalue weighted by Gasteiger charge is -2.14. The van der Waals surface area contributed by atoms with Crippen molar-refractivity contribution in [2.75, 3.05) is 0 Å². The number of halogens is 9. The topological polar surface area (TPSA) is 328 Å². The highest BCUT2D eigenvalue weighted by Crippen LogP contribution is 2.35. The Balaban J connectivity index is 0.000000138. The van der Waals surface area contributed by atoms with Gasteiger partial charge in [0.25, 0.3) is 0 Å². The molecule has 18 rings (SSSR count). The molecule has 6 aromatic carbocycles. The van der Waals surface area contributed by atoms with E-state index >= 15 is 0 Å². The second-order valence-corrected chi connectivity index (χ2v) is 33.1. The number of hydrogen-bond acceptors (Lipinski definition) is 12. The fraction of sp³-hybridized carbons (Fsp3) is 0.184. The van der Waals surface area contributed by atoms with E-state index in [0.29, 0.717) is 153 Å². The molecular weight excluding hydrogens is 1800 g/mol. The lowest BCUT2D eigenvalue weighted by Crippen LogP contribution is -2.13. The van der Waals surface area contributed by atoms with Crippen molar-refractivity contribution in [2.45, 2.75) is 125 Å². The van der Waals surface area contributed by atoms with E-state index in [1.54, 1.807) is 178 Å². The summed E-state index contributed by atoms with van der Waals surface area (Å²) in [6.07, 6.45) is 19.7. The molecule has 33 heteroatoms. The molecule has 0 aliphatic carbocycles. The zero-order valence-electron chi connectivity index (χ0n) is 74.1. The number of carboxylic acids is 6. The van der Waals surface area contributed by atoms with Crippen LogP contribution in [0.4, 0.5) is 30.7 Å². The van der Waals surface area contributed by atoms with Crippen LogP contribution in [0.3, 0.4) is 0 Å². The Kier molecular flexibility index (Phi) is 31.2. The van der Waals surface area contributed by atoms with Crippen LogP contribution in [-0.2, 0) is 83.2 Å². The third-order valence-corrected chi connectivity index (χ3v) is 23.5. The summed E-state index contributed by atoms with van der Waals surface area (Å²) in [6.45, 7) is 10.9. The van der Waals surface area contributed by atoms with Gasteiger partial charge >= 0.3 is 42.0 Å². The van der Waals surface area contributed by atoms with Crippen molar-refractivity contribution in [3.8, 4) is 0 Å². The van der Waals surface area contributed by atoms with Gasteiger partial charge in [-0.3, -0.25) is 26.4 Å². The van der Waals surface area contributed by atoms with E-state index in [4.69, 9.17) is 23.2 Å². The van der Waals surface area contributed by atoms with Crippen molar-refractivity contribution in [2.24, 2.45) is 0 Å². The zero-order valence-corrected chi connectivity index (χ0v) is 75.6. The van der Waals surface area contributed by atoms with Crippen LogP contribution >= 0.6 is 23.2 Å². The highest BCUT2D eigenvalue weighted by atomic mass is 35.5. The van der Waals surface area contributed by atoms with Gasteiger partial charge in [0.15, 0.2) is 0 Å². The summed E-state index contributed by atoms with van der Waals surface area (Å²) in [7, 11) is 0. The van der Waals surface area contributed by atoms with Crippen molar-refractivity contribution in [1.82, 2.24) is 56.3 Å². The number of aromatic carboxylic acids is 6. The van der Waals surface area contributed by atoms with E-state index in [1.807, 2.05) is 76.2 Å². The maximum atomic E-state index is 14.2. The second kappa shape index (κ2) is 43.4. The number of pyridine rings is 6. The lowest BCUT2D eigenvalue weighted by molar-refractivity contribution is -0.138. The van der Waals surface area contributed by atoms with Gasteiger partial charge in [-0.1, -0.05) is 126 Å². The fourth-order valence-corrected chi connectivity index (χ4v) is 16.7. The van der Waals surface area contributed by atoms with Crippen LogP contribution in [0.25, 0.3) is 33.9 Å². The normalized spacial score (nSPS) is 11.2. The van der Waals surface area contributed by atoms with Crippen LogP contribution in [0.2, 0.25) is 10.0 Å². The Bertz CT molecular complexity index is 7190. The number of hydrogen-bond donors (Lipinski definition) is 6. The Morgan fingerprint density at radius 3 is 0.882 bits per heavy atom. The van der Waals surface area contributed by atoms with Gasteiger partial charge < -0.3 is 30.6 Å².